The lowest BCUT2D eigenvalue weighted by atomic mass is 10.1. The van der Waals surface area contributed by atoms with E-state index in [1.54, 1.807) is 0 Å². The van der Waals surface area contributed by atoms with Gasteiger partial charge in [0.05, 0.1) is 13.2 Å². The average Bonchev–Trinajstić information content (AvgIpc) is 2.44. The van der Waals surface area contributed by atoms with Gasteiger partial charge in [0.15, 0.2) is 11.5 Å². The lowest BCUT2D eigenvalue weighted by Crippen LogP contribution is -2.24. The molecule has 0 saturated heterocycles. The van der Waals surface area contributed by atoms with Gasteiger partial charge >= 0.3 is 0 Å². The van der Waals surface area contributed by atoms with Gasteiger partial charge < -0.3 is 14.8 Å². The van der Waals surface area contributed by atoms with Gasteiger partial charge in [0.25, 0.3) is 0 Å². The summed E-state index contributed by atoms with van der Waals surface area (Å²) in [5.74, 6) is 1.69. The van der Waals surface area contributed by atoms with Crippen LogP contribution >= 0.6 is 0 Å². The molecule has 0 aromatic heterocycles. The van der Waals surface area contributed by atoms with E-state index in [-0.39, 0.29) is 0 Å². The zero-order chi connectivity index (χ0) is 14.1. The zero-order valence-electron chi connectivity index (χ0n) is 12.7. The van der Waals surface area contributed by atoms with Gasteiger partial charge in [-0.3, -0.25) is 0 Å². The van der Waals surface area contributed by atoms with Crippen molar-refractivity contribution < 1.29 is 9.47 Å². The molecule has 108 valence electrons. The van der Waals surface area contributed by atoms with Crippen molar-refractivity contribution in [2.45, 2.75) is 53.1 Å². The van der Waals surface area contributed by atoms with E-state index in [0.717, 1.165) is 37.5 Å². The molecule has 0 spiro atoms. The molecule has 3 nitrogen and oxygen atoms in total. The molecule has 0 bridgehead atoms. The Morgan fingerprint density at radius 3 is 2.53 bits per heavy atom. The SMILES string of the molecule is CCCOc1ccc(CNC(C)CC)cc1OCC. The highest BCUT2D eigenvalue weighted by Gasteiger charge is 2.07. The second-order valence-corrected chi connectivity index (χ2v) is 4.75. The van der Waals surface area contributed by atoms with E-state index in [1.165, 1.54) is 5.56 Å². The van der Waals surface area contributed by atoms with Crippen molar-refractivity contribution in [3.05, 3.63) is 23.8 Å². The van der Waals surface area contributed by atoms with Gasteiger partial charge in [-0.25, -0.2) is 0 Å². The Morgan fingerprint density at radius 2 is 1.89 bits per heavy atom. The molecule has 1 atom stereocenters. The van der Waals surface area contributed by atoms with Crippen LogP contribution in [0.4, 0.5) is 0 Å². The average molecular weight is 265 g/mol. The molecule has 0 aliphatic heterocycles. The molecule has 1 unspecified atom stereocenters. The maximum atomic E-state index is 5.70. The van der Waals surface area contributed by atoms with Crippen LogP contribution in [0.25, 0.3) is 0 Å². The Labute approximate surface area is 117 Å². The summed E-state index contributed by atoms with van der Waals surface area (Å²) in [7, 11) is 0. The van der Waals surface area contributed by atoms with Gasteiger partial charge in [-0.15, -0.1) is 0 Å². The fourth-order valence-electron chi connectivity index (χ4n) is 1.70. The van der Waals surface area contributed by atoms with Crippen molar-refractivity contribution in [1.29, 1.82) is 0 Å². The number of ether oxygens (including phenoxy) is 2. The number of nitrogens with one attached hydrogen (secondary N) is 1. The largest absolute Gasteiger partial charge is 0.490 e. The van der Waals surface area contributed by atoms with E-state index in [1.807, 2.05) is 13.0 Å². The minimum absolute atomic E-state index is 0.534. The van der Waals surface area contributed by atoms with Crippen LogP contribution in [0.5, 0.6) is 11.5 Å². The monoisotopic (exact) mass is 265 g/mol. The number of rotatable bonds is 9. The predicted molar refractivity (Wildman–Crippen MR) is 80.0 cm³/mol. The summed E-state index contributed by atoms with van der Waals surface area (Å²) in [6, 6.07) is 6.72. The van der Waals surface area contributed by atoms with Crippen molar-refractivity contribution in [2.24, 2.45) is 0 Å². The molecule has 1 N–H and O–H groups in total. The Kier molecular flexibility index (Phi) is 7.34. The van der Waals surface area contributed by atoms with E-state index in [4.69, 9.17) is 9.47 Å². The lowest BCUT2D eigenvalue weighted by molar-refractivity contribution is 0.276. The number of benzene rings is 1. The van der Waals surface area contributed by atoms with Crippen LogP contribution in [0.2, 0.25) is 0 Å². The highest BCUT2D eigenvalue weighted by atomic mass is 16.5. The molecular formula is C16H27NO2. The Bertz CT molecular complexity index is 366. The van der Waals surface area contributed by atoms with Gasteiger partial charge in [-0.2, -0.15) is 0 Å². The number of hydrogen-bond acceptors (Lipinski definition) is 3. The highest BCUT2D eigenvalue weighted by molar-refractivity contribution is 5.43. The van der Waals surface area contributed by atoms with Crippen molar-refractivity contribution in [3.63, 3.8) is 0 Å². The summed E-state index contributed by atoms with van der Waals surface area (Å²) >= 11 is 0. The third-order valence-electron chi connectivity index (χ3n) is 3.04. The molecule has 0 fully saturated rings. The summed E-state index contributed by atoms with van der Waals surface area (Å²) in [5.41, 5.74) is 1.23. The first kappa shape index (κ1) is 15.8. The Hall–Kier alpha value is -1.22. The van der Waals surface area contributed by atoms with Crippen LogP contribution in [0, 0.1) is 0 Å². The van der Waals surface area contributed by atoms with Gasteiger partial charge in [-0.1, -0.05) is 19.9 Å². The first-order valence-corrected chi connectivity index (χ1v) is 7.33. The molecule has 3 heteroatoms. The molecule has 1 aromatic rings. The minimum Gasteiger partial charge on any atom is -0.490 e. The molecular weight excluding hydrogens is 238 g/mol. The van der Waals surface area contributed by atoms with E-state index in [2.05, 4.69) is 38.2 Å². The summed E-state index contributed by atoms with van der Waals surface area (Å²) in [6.07, 6.45) is 2.14. The van der Waals surface area contributed by atoms with Gasteiger partial charge in [-0.05, 0) is 44.4 Å². The minimum atomic E-state index is 0.534. The molecule has 1 aromatic carbocycles. The highest BCUT2D eigenvalue weighted by Crippen LogP contribution is 2.28. The van der Waals surface area contributed by atoms with E-state index in [0.29, 0.717) is 12.6 Å². The maximum Gasteiger partial charge on any atom is 0.161 e. The Balaban J connectivity index is 2.71. The topological polar surface area (TPSA) is 30.5 Å². The van der Waals surface area contributed by atoms with E-state index in [9.17, 15) is 0 Å². The van der Waals surface area contributed by atoms with Crippen LogP contribution in [-0.2, 0) is 6.54 Å². The second kappa shape index (κ2) is 8.81. The third kappa shape index (κ3) is 5.52. The molecule has 0 aliphatic rings. The standard InChI is InChI=1S/C16H27NO2/c1-5-10-19-15-9-8-14(11-16(15)18-7-3)12-17-13(4)6-2/h8-9,11,13,17H,5-7,10,12H2,1-4H3. The van der Waals surface area contributed by atoms with Gasteiger partial charge in [0.2, 0.25) is 0 Å². The predicted octanol–water partition coefficient (Wildman–Crippen LogP) is 3.76. The van der Waals surface area contributed by atoms with E-state index < -0.39 is 0 Å². The van der Waals surface area contributed by atoms with Gasteiger partial charge in [0, 0.05) is 12.6 Å². The summed E-state index contributed by atoms with van der Waals surface area (Å²) in [4.78, 5) is 0. The van der Waals surface area contributed by atoms with Crippen molar-refractivity contribution in [1.82, 2.24) is 5.32 Å². The number of hydrogen-bond donors (Lipinski definition) is 1. The second-order valence-electron chi connectivity index (χ2n) is 4.75. The summed E-state index contributed by atoms with van der Waals surface area (Å²) in [6.45, 7) is 10.7. The van der Waals surface area contributed by atoms with Crippen molar-refractivity contribution in [2.75, 3.05) is 13.2 Å². The van der Waals surface area contributed by atoms with Crippen LogP contribution < -0.4 is 14.8 Å². The van der Waals surface area contributed by atoms with Gasteiger partial charge in [0.1, 0.15) is 0 Å². The van der Waals surface area contributed by atoms with Crippen molar-refractivity contribution in [3.8, 4) is 11.5 Å². The molecule has 0 heterocycles. The summed E-state index contributed by atoms with van der Waals surface area (Å²) in [5, 5.41) is 3.48. The quantitative estimate of drug-likeness (QED) is 0.737. The lowest BCUT2D eigenvalue weighted by Gasteiger charge is -2.15. The van der Waals surface area contributed by atoms with Crippen molar-refractivity contribution >= 4 is 0 Å². The van der Waals surface area contributed by atoms with Crippen LogP contribution in [-0.4, -0.2) is 19.3 Å². The van der Waals surface area contributed by atoms with Crippen LogP contribution in [0.1, 0.15) is 46.1 Å². The molecule has 19 heavy (non-hydrogen) atoms. The molecule has 1 rings (SSSR count). The smallest absolute Gasteiger partial charge is 0.161 e. The fourth-order valence-corrected chi connectivity index (χ4v) is 1.70. The zero-order valence-corrected chi connectivity index (χ0v) is 12.7. The van der Waals surface area contributed by atoms with Crippen LogP contribution in [0.15, 0.2) is 18.2 Å². The first-order chi connectivity index (χ1) is 9.21. The maximum absolute atomic E-state index is 5.70. The molecule has 0 radical (unpaired) electrons. The normalized spacial score (nSPS) is 12.2. The summed E-state index contributed by atoms with van der Waals surface area (Å²) < 4.78 is 11.4. The molecule has 0 aliphatic carbocycles. The fraction of sp³-hybridized carbons (Fsp3) is 0.625. The molecule has 0 amide bonds. The third-order valence-corrected chi connectivity index (χ3v) is 3.04. The van der Waals surface area contributed by atoms with E-state index >= 15 is 0 Å². The Morgan fingerprint density at radius 1 is 1.11 bits per heavy atom. The first-order valence-electron chi connectivity index (χ1n) is 7.33. The molecule has 0 saturated carbocycles. The van der Waals surface area contributed by atoms with Crippen LogP contribution in [0.3, 0.4) is 0 Å².